The van der Waals surface area contributed by atoms with Crippen molar-refractivity contribution in [2.45, 2.75) is 71.1 Å². The Morgan fingerprint density at radius 3 is 2.61 bits per heavy atom. The third kappa shape index (κ3) is 4.78. The zero-order valence-electron chi connectivity index (χ0n) is 22.5. The number of methoxy groups -OCH3 is 1. The van der Waals surface area contributed by atoms with Gasteiger partial charge in [-0.05, 0) is 34.9 Å². The molecule has 11 heteroatoms. The molecule has 4 unspecified atom stereocenters. The predicted molar refractivity (Wildman–Crippen MR) is 147 cm³/mol. The van der Waals surface area contributed by atoms with Crippen LogP contribution in [0.15, 0.2) is 24.4 Å². The van der Waals surface area contributed by atoms with E-state index in [2.05, 4.69) is 29.5 Å². The van der Waals surface area contributed by atoms with Gasteiger partial charge in [0.1, 0.15) is 11.6 Å². The molecule has 3 heterocycles. The number of esters is 1. The molecule has 2 aliphatic heterocycles. The molecule has 4 rings (SSSR count). The highest BCUT2D eigenvalue weighted by molar-refractivity contribution is 7.15. The van der Waals surface area contributed by atoms with Gasteiger partial charge in [0.15, 0.2) is 10.9 Å². The van der Waals surface area contributed by atoms with Crippen LogP contribution in [0.5, 0.6) is 0 Å². The van der Waals surface area contributed by atoms with Crippen molar-refractivity contribution >= 4 is 45.9 Å². The molecule has 1 fully saturated rings. The zero-order valence-corrected chi connectivity index (χ0v) is 24.1. The van der Waals surface area contributed by atoms with E-state index < -0.39 is 41.0 Å². The largest absolute Gasteiger partial charge is 0.468 e. The first-order chi connectivity index (χ1) is 17.8. The van der Waals surface area contributed by atoms with Gasteiger partial charge in [-0.15, -0.1) is 11.3 Å². The monoisotopic (exact) mass is 562 g/mol. The van der Waals surface area contributed by atoms with E-state index in [-0.39, 0.29) is 31.2 Å². The fraction of sp³-hybridized carbons (Fsp3) is 0.556. The summed E-state index contributed by atoms with van der Waals surface area (Å²) in [6.07, 6.45) is 0.809. The first-order valence-electron chi connectivity index (χ1n) is 12.7. The highest BCUT2D eigenvalue weighted by Crippen LogP contribution is 2.51. The number of amides is 1. The molecular formula is C27H35ClN4O5S. The number of ketones is 1. The number of Topliss-reactive ketones (excluding diaryl/α,β-unsaturated/α-hetero) is 1. The van der Waals surface area contributed by atoms with Gasteiger partial charge in [0.05, 0.1) is 19.7 Å². The predicted octanol–water partition coefficient (Wildman–Crippen LogP) is 4.86. The molecule has 1 aromatic carbocycles. The Bertz CT molecular complexity index is 1240. The second-order valence-electron chi connectivity index (χ2n) is 11.3. The summed E-state index contributed by atoms with van der Waals surface area (Å²) in [7, 11) is 1.31. The molecular weight excluding hydrogens is 528 g/mol. The number of benzene rings is 1. The van der Waals surface area contributed by atoms with Crippen LogP contribution in [0, 0.1) is 11.3 Å². The van der Waals surface area contributed by atoms with Crippen molar-refractivity contribution < 1.29 is 24.2 Å². The van der Waals surface area contributed by atoms with Crippen LogP contribution in [0.4, 0.5) is 9.93 Å². The number of halogens is 1. The minimum absolute atomic E-state index is 0.0267. The summed E-state index contributed by atoms with van der Waals surface area (Å²) in [6, 6.07) is 3.78. The number of carboxylic acid groups (broad SMARTS) is 1. The summed E-state index contributed by atoms with van der Waals surface area (Å²) in [5.74, 6) is -1.00. The second kappa shape index (κ2) is 10.5. The number of hydrogen-bond acceptors (Lipinski definition) is 8. The number of nitrogens with zero attached hydrogens (tertiary/aromatic N) is 2. The molecule has 3 N–H and O–H groups in total. The van der Waals surface area contributed by atoms with E-state index >= 15 is 4.79 Å². The van der Waals surface area contributed by atoms with Crippen LogP contribution < -0.4 is 10.6 Å². The van der Waals surface area contributed by atoms with Crippen molar-refractivity contribution in [2.24, 2.45) is 11.3 Å². The zero-order chi connectivity index (χ0) is 28.0. The van der Waals surface area contributed by atoms with Crippen LogP contribution in [-0.4, -0.2) is 58.6 Å². The number of thiazole rings is 1. The Labute approximate surface area is 231 Å². The van der Waals surface area contributed by atoms with Crippen LogP contribution in [0.1, 0.15) is 63.0 Å². The lowest BCUT2D eigenvalue weighted by atomic mass is 9.68. The maximum absolute atomic E-state index is 15.0. The molecule has 2 aliphatic rings. The Balaban J connectivity index is 1.89. The quantitative estimate of drug-likeness (QED) is 0.409. The summed E-state index contributed by atoms with van der Waals surface area (Å²) in [5, 5.41) is 18.0. The summed E-state index contributed by atoms with van der Waals surface area (Å²) in [6.45, 7) is 10.2. The topological polar surface area (TPSA) is 121 Å². The van der Waals surface area contributed by atoms with Crippen LogP contribution in [0.25, 0.3) is 0 Å². The number of carbonyl (C=O) groups excluding carboxylic acids is 2. The molecule has 0 aliphatic carbocycles. The van der Waals surface area contributed by atoms with Crippen LogP contribution in [0.2, 0.25) is 5.02 Å². The lowest BCUT2D eigenvalue weighted by Crippen LogP contribution is -2.61. The molecule has 206 valence electrons. The van der Waals surface area contributed by atoms with E-state index in [0.29, 0.717) is 21.3 Å². The molecule has 0 bridgehead atoms. The molecule has 1 aromatic heterocycles. The van der Waals surface area contributed by atoms with E-state index in [1.165, 1.54) is 23.3 Å². The van der Waals surface area contributed by atoms with E-state index in [4.69, 9.17) is 16.3 Å². The lowest BCUT2D eigenvalue weighted by Gasteiger charge is -2.45. The number of carbonyl (C=O) groups is 3. The van der Waals surface area contributed by atoms with Crippen LogP contribution in [-0.2, 0) is 26.4 Å². The third-order valence-corrected chi connectivity index (χ3v) is 9.16. The summed E-state index contributed by atoms with van der Waals surface area (Å²) in [5.41, 5.74) is -1.01. The number of aromatic nitrogens is 1. The molecule has 0 saturated carbocycles. The molecule has 1 saturated heterocycles. The van der Waals surface area contributed by atoms with Gasteiger partial charge in [-0.2, -0.15) is 0 Å². The average molecular weight is 563 g/mol. The van der Waals surface area contributed by atoms with Gasteiger partial charge in [-0.3, -0.25) is 14.5 Å². The van der Waals surface area contributed by atoms with E-state index in [1.54, 1.807) is 24.4 Å². The standard InChI is InChI=1S/C27H35ClN4O5S/c1-14(2)20-12-30-24(38-20)31-21(26(3,4)5)22(33)27(15-10-19(29-11-15)23(34)37-6)17-8-7-9-18(28)16(17)13-32(27)25(35)36/h7-9,12,14-15,19,21,29H,10-11,13H2,1-6H3,(H,30,31)(H,35,36). The normalized spacial score (nSPS) is 23.8. The molecule has 4 atom stereocenters. The number of hydrogen-bond donors (Lipinski definition) is 3. The van der Waals surface area contributed by atoms with Gasteiger partial charge < -0.3 is 20.5 Å². The van der Waals surface area contributed by atoms with Gasteiger partial charge in [-0.25, -0.2) is 9.78 Å². The van der Waals surface area contributed by atoms with Gasteiger partial charge >= 0.3 is 12.1 Å². The van der Waals surface area contributed by atoms with Crippen LogP contribution in [0.3, 0.4) is 0 Å². The van der Waals surface area contributed by atoms with Crippen molar-refractivity contribution in [1.29, 1.82) is 0 Å². The average Bonchev–Trinajstić information content (AvgIpc) is 3.58. The minimum atomic E-state index is -1.58. The highest BCUT2D eigenvalue weighted by Gasteiger charge is 2.62. The highest BCUT2D eigenvalue weighted by atomic mass is 35.5. The summed E-state index contributed by atoms with van der Waals surface area (Å²) >= 11 is 8.05. The van der Waals surface area contributed by atoms with Crippen molar-refractivity contribution in [3.05, 3.63) is 45.4 Å². The lowest BCUT2D eigenvalue weighted by molar-refractivity contribution is -0.143. The number of anilines is 1. The Morgan fingerprint density at radius 1 is 1.32 bits per heavy atom. The van der Waals surface area contributed by atoms with Gasteiger partial charge in [0.25, 0.3) is 0 Å². The molecule has 1 amide bonds. The van der Waals surface area contributed by atoms with Gasteiger partial charge in [-0.1, -0.05) is 58.4 Å². The maximum Gasteiger partial charge on any atom is 0.408 e. The summed E-state index contributed by atoms with van der Waals surface area (Å²) < 4.78 is 4.95. The Hall–Kier alpha value is -2.69. The number of rotatable bonds is 7. The SMILES string of the molecule is COC(=O)C1CC(C2(C(=O)C(Nc3ncc(C(C)C)s3)C(C)(C)C)c3cccc(Cl)c3CN2C(=O)O)CN1. The number of ether oxygens (including phenoxy) is 1. The van der Waals surface area contributed by atoms with E-state index in [1.807, 2.05) is 20.8 Å². The molecule has 2 aromatic rings. The Kier molecular flexibility index (Phi) is 7.80. The van der Waals surface area contributed by atoms with E-state index in [0.717, 1.165) is 4.88 Å². The van der Waals surface area contributed by atoms with Crippen LogP contribution >= 0.6 is 22.9 Å². The first kappa shape index (κ1) is 28.3. The third-order valence-electron chi connectivity index (χ3n) is 7.57. The Morgan fingerprint density at radius 2 is 2.03 bits per heavy atom. The van der Waals surface area contributed by atoms with E-state index in [9.17, 15) is 14.7 Å². The minimum Gasteiger partial charge on any atom is -0.468 e. The van der Waals surface area contributed by atoms with Gasteiger partial charge in [0.2, 0.25) is 0 Å². The second-order valence-corrected chi connectivity index (χ2v) is 12.8. The number of fused-ring (bicyclic) bond motifs is 1. The number of nitrogens with one attached hydrogen (secondary N) is 2. The smallest absolute Gasteiger partial charge is 0.408 e. The van der Waals surface area contributed by atoms with Crippen molar-refractivity contribution in [1.82, 2.24) is 15.2 Å². The first-order valence-corrected chi connectivity index (χ1v) is 13.9. The molecule has 0 radical (unpaired) electrons. The van der Waals surface area contributed by atoms with Crippen molar-refractivity contribution in [2.75, 3.05) is 19.0 Å². The summed E-state index contributed by atoms with van der Waals surface area (Å²) in [4.78, 5) is 47.0. The fourth-order valence-corrected chi connectivity index (χ4v) is 6.73. The van der Waals surface area contributed by atoms with Crippen molar-refractivity contribution in [3.8, 4) is 0 Å². The fourth-order valence-electron chi connectivity index (χ4n) is 5.65. The van der Waals surface area contributed by atoms with Crippen molar-refractivity contribution in [3.63, 3.8) is 0 Å². The van der Waals surface area contributed by atoms with Gasteiger partial charge in [0, 0.05) is 28.6 Å². The molecule has 0 spiro atoms. The maximum atomic E-state index is 15.0. The molecule has 38 heavy (non-hydrogen) atoms. The molecule has 9 nitrogen and oxygen atoms in total.